The van der Waals surface area contributed by atoms with E-state index in [1.54, 1.807) is 24.0 Å². The van der Waals surface area contributed by atoms with Gasteiger partial charge < -0.3 is 10.2 Å². The summed E-state index contributed by atoms with van der Waals surface area (Å²) < 4.78 is 13.1. The van der Waals surface area contributed by atoms with Crippen LogP contribution >= 0.6 is 0 Å². The van der Waals surface area contributed by atoms with Crippen LogP contribution in [0.4, 0.5) is 4.39 Å². The van der Waals surface area contributed by atoms with Crippen LogP contribution in [-0.2, 0) is 22.4 Å². The summed E-state index contributed by atoms with van der Waals surface area (Å²) in [7, 11) is 0. The number of hydrogen-bond donors (Lipinski definition) is 1. The van der Waals surface area contributed by atoms with Crippen molar-refractivity contribution in [2.24, 2.45) is 0 Å². The topological polar surface area (TPSA) is 49.4 Å². The van der Waals surface area contributed by atoms with Crippen LogP contribution in [0.1, 0.15) is 38.3 Å². The van der Waals surface area contributed by atoms with Crippen LogP contribution in [0.5, 0.6) is 0 Å². The third-order valence-electron chi connectivity index (χ3n) is 4.92. The highest BCUT2D eigenvalue weighted by molar-refractivity contribution is 5.88. The molecule has 150 valence electrons. The second kappa shape index (κ2) is 10.6. The lowest BCUT2D eigenvalue weighted by atomic mass is 10.1. The Balaban J connectivity index is 2.12. The molecule has 0 radical (unpaired) electrons. The standard InChI is InChI=1S/C23H29FN2O2/c1-4-17(2)25-23(28)18(3)26(15-14-19-8-6-5-7-9-19)22(27)16-20-10-12-21(24)13-11-20/h5-13,17-18H,4,14-16H2,1-3H3,(H,25,28)/t17-,18-/m1/s1. The van der Waals surface area contributed by atoms with E-state index in [1.165, 1.54) is 12.1 Å². The normalized spacial score (nSPS) is 12.9. The number of carbonyl (C=O) groups excluding carboxylic acids is 2. The minimum Gasteiger partial charge on any atom is -0.352 e. The van der Waals surface area contributed by atoms with Gasteiger partial charge in [-0.25, -0.2) is 4.39 Å². The number of nitrogens with zero attached hydrogens (tertiary/aromatic N) is 1. The third kappa shape index (κ3) is 6.48. The number of amides is 2. The summed E-state index contributed by atoms with van der Waals surface area (Å²) in [5.41, 5.74) is 1.84. The van der Waals surface area contributed by atoms with Crippen LogP contribution in [0.25, 0.3) is 0 Å². The van der Waals surface area contributed by atoms with Crippen LogP contribution < -0.4 is 5.32 Å². The summed E-state index contributed by atoms with van der Waals surface area (Å²) in [6.07, 6.45) is 1.62. The molecular weight excluding hydrogens is 355 g/mol. The van der Waals surface area contributed by atoms with Crippen molar-refractivity contribution in [2.75, 3.05) is 6.54 Å². The predicted octanol–water partition coefficient (Wildman–Crippen LogP) is 3.74. The smallest absolute Gasteiger partial charge is 0.242 e. The predicted molar refractivity (Wildman–Crippen MR) is 109 cm³/mol. The lowest BCUT2D eigenvalue weighted by Crippen LogP contribution is -2.50. The molecule has 4 nitrogen and oxygen atoms in total. The van der Waals surface area contributed by atoms with E-state index in [0.717, 1.165) is 17.5 Å². The quantitative estimate of drug-likeness (QED) is 0.716. The highest BCUT2D eigenvalue weighted by atomic mass is 19.1. The fourth-order valence-corrected chi connectivity index (χ4v) is 2.91. The molecule has 0 bridgehead atoms. The molecule has 0 aliphatic rings. The summed E-state index contributed by atoms with van der Waals surface area (Å²) in [5, 5.41) is 2.95. The van der Waals surface area contributed by atoms with Crippen LogP contribution in [0.15, 0.2) is 54.6 Å². The molecule has 2 aromatic carbocycles. The molecular formula is C23H29FN2O2. The Kier molecular flexibility index (Phi) is 8.18. The number of benzene rings is 2. The third-order valence-corrected chi connectivity index (χ3v) is 4.92. The van der Waals surface area contributed by atoms with Crippen molar-refractivity contribution in [3.05, 3.63) is 71.5 Å². The summed E-state index contributed by atoms with van der Waals surface area (Å²) >= 11 is 0. The van der Waals surface area contributed by atoms with Gasteiger partial charge in [-0.2, -0.15) is 0 Å². The number of carbonyl (C=O) groups is 2. The molecule has 2 rings (SSSR count). The Morgan fingerprint density at radius 2 is 1.64 bits per heavy atom. The zero-order valence-corrected chi connectivity index (χ0v) is 16.8. The van der Waals surface area contributed by atoms with Crippen molar-refractivity contribution in [1.29, 1.82) is 0 Å². The number of nitrogens with one attached hydrogen (secondary N) is 1. The second-order valence-corrected chi connectivity index (χ2v) is 7.12. The molecule has 0 unspecified atom stereocenters. The Bertz CT molecular complexity index is 762. The van der Waals surface area contributed by atoms with E-state index in [2.05, 4.69) is 5.32 Å². The first-order valence-electron chi connectivity index (χ1n) is 9.79. The van der Waals surface area contributed by atoms with E-state index >= 15 is 0 Å². The summed E-state index contributed by atoms with van der Waals surface area (Å²) in [6, 6.07) is 15.2. The molecule has 0 heterocycles. The van der Waals surface area contributed by atoms with Gasteiger partial charge in [0, 0.05) is 12.6 Å². The van der Waals surface area contributed by atoms with Crippen molar-refractivity contribution >= 4 is 11.8 Å². The van der Waals surface area contributed by atoms with Crippen molar-refractivity contribution < 1.29 is 14.0 Å². The monoisotopic (exact) mass is 384 g/mol. The van der Waals surface area contributed by atoms with Gasteiger partial charge in [0.25, 0.3) is 0 Å². The summed E-state index contributed by atoms with van der Waals surface area (Å²) in [5.74, 6) is -0.636. The summed E-state index contributed by atoms with van der Waals surface area (Å²) in [4.78, 5) is 27.2. The van der Waals surface area contributed by atoms with Crippen molar-refractivity contribution in [2.45, 2.75) is 52.1 Å². The Hall–Kier alpha value is -2.69. The van der Waals surface area contributed by atoms with Crippen LogP contribution in [0.2, 0.25) is 0 Å². The maximum Gasteiger partial charge on any atom is 0.242 e. The average Bonchev–Trinajstić information content (AvgIpc) is 2.70. The first-order valence-corrected chi connectivity index (χ1v) is 9.79. The fourth-order valence-electron chi connectivity index (χ4n) is 2.91. The molecule has 5 heteroatoms. The Morgan fingerprint density at radius 1 is 1.00 bits per heavy atom. The molecule has 0 saturated heterocycles. The van der Waals surface area contributed by atoms with E-state index in [9.17, 15) is 14.0 Å². The molecule has 1 N–H and O–H groups in total. The maximum absolute atomic E-state index is 13.1. The molecule has 0 aromatic heterocycles. The van der Waals surface area contributed by atoms with Gasteiger partial charge in [-0.3, -0.25) is 9.59 Å². The van der Waals surface area contributed by atoms with Crippen molar-refractivity contribution in [3.63, 3.8) is 0 Å². The first kappa shape index (κ1) is 21.6. The highest BCUT2D eigenvalue weighted by Gasteiger charge is 2.26. The molecule has 2 atom stereocenters. The van der Waals surface area contributed by atoms with E-state index in [0.29, 0.717) is 13.0 Å². The van der Waals surface area contributed by atoms with Gasteiger partial charge in [0.15, 0.2) is 0 Å². The SMILES string of the molecule is CC[C@@H](C)NC(=O)[C@@H](C)N(CCc1ccccc1)C(=O)Cc1ccc(F)cc1. The molecule has 0 aliphatic carbocycles. The van der Waals surface area contributed by atoms with Crippen LogP contribution in [0, 0.1) is 5.82 Å². The number of rotatable bonds is 9. The molecule has 2 amide bonds. The zero-order valence-electron chi connectivity index (χ0n) is 16.8. The highest BCUT2D eigenvalue weighted by Crippen LogP contribution is 2.11. The Morgan fingerprint density at radius 3 is 2.25 bits per heavy atom. The van der Waals surface area contributed by atoms with Gasteiger partial charge in [0.05, 0.1) is 6.42 Å². The molecule has 0 spiro atoms. The minimum absolute atomic E-state index is 0.0538. The molecule has 0 aliphatic heterocycles. The van der Waals surface area contributed by atoms with E-state index in [-0.39, 0.29) is 30.1 Å². The Labute approximate surface area is 166 Å². The number of hydrogen-bond acceptors (Lipinski definition) is 2. The van der Waals surface area contributed by atoms with E-state index in [4.69, 9.17) is 0 Å². The van der Waals surface area contributed by atoms with Gasteiger partial charge in [-0.05, 0) is 49.9 Å². The molecule has 28 heavy (non-hydrogen) atoms. The second-order valence-electron chi connectivity index (χ2n) is 7.12. The molecule has 0 fully saturated rings. The van der Waals surface area contributed by atoms with Crippen LogP contribution in [-0.4, -0.2) is 35.3 Å². The maximum atomic E-state index is 13.1. The fraction of sp³-hybridized carbons (Fsp3) is 0.391. The largest absolute Gasteiger partial charge is 0.352 e. The van der Waals surface area contributed by atoms with Gasteiger partial charge >= 0.3 is 0 Å². The van der Waals surface area contributed by atoms with E-state index in [1.807, 2.05) is 44.2 Å². The van der Waals surface area contributed by atoms with Crippen molar-refractivity contribution in [1.82, 2.24) is 10.2 Å². The van der Waals surface area contributed by atoms with Gasteiger partial charge in [0.1, 0.15) is 11.9 Å². The number of halogens is 1. The minimum atomic E-state index is -0.578. The molecule has 0 saturated carbocycles. The van der Waals surface area contributed by atoms with Gasteiger partial charge in [-0.1, -0.05) is 49.4 Å². The van der Waals surface area contributed by atoms with E-state index < -0.39 is 6.04 Å². The summed E-state index contributed by atoms with van der Waals surface area (Å²) in [6.45, 7) is 6.14. The van der Waals surface area contributed by atoms with Gasteiger partial charge in [0.2, 0.25) is 11.8 Å². The zero-order chi connectivity index (χ0) is 20.5. The molecule has 2 aromatic rings. The lowest BCUT2D eigenvalue weighted by Gasteiger charge is -2.29. The van der Waals surface area contributed by atoms with Crippen molar-refractivity contribution in [3.8, 4) is 0 Å². The van der Waals surface area contributed by atoms with Gasteiger partial charge in [-0.15, -0.1) is 0 Å². The first-order chi connectivity index (χ1) is 13.4. The van der Waals surface area contributed by atoms with Crippen LogP contribution in [0.3, 0.4) is 0 Å². The average molecular weight is 384 g/mol. The lowest BCUT2D eigenvalue weighted by molar-refractivity contribution is -0.139.